The zero-order chi connectivity index (χ0) is 15.3. The van der Waals surface area contributed by atoms with Crippen molar-refractivity contribution in [2.75, 3.05) is 5.32 Å². The van der Waals surface area contributed by atoms with Gasteiger partial charge in [-0.2, -0.15) is 5.10 Å². The second-order valence-corrected chi connectivity index (χ2v) is 6.66. The van der Waals surface area contributed by atoms with Gasteiger partial charge >= 0.3 is 0 Å². The zero-order valence-corrected chi connectivity index (χ0v) is 13.3. The summed E-state index contributed by atoms with van der Waals surface area (Å²) in [6.45, 7) is 6.31. The van der Waals surface area contributed by atoms with Gasteiger partial charge in [0.1, 0.15) is 17.6 Å². The average molecular weight is 298 g/mol. The van der Waals surface area contributed by atoms with E-state index in [0.717, 1.165) is 41.4 Å². The van der Waals surface area contributed by atoms with Crippen LogP contribution in [0.3, 0.4) is 0 Å². The van der Waals surface area contributed by atoms with E-state index in [-0.39, 0.29) is 0 Å². The van der Waals surface area contributed by atoms with Crippen LogP contribution in [-0.2, 0) is 0 Å². The number of hydrogen-bond donors (Lipinski definition) is 1. The fourth-order valence-electron chi connectivity index (χ4n) is 3.48. The molecule has 0 saturated heterocycles. The second kappa shape index (κ2) is 5.00. The Morgan fingerprint density at radius 1 is 1.32 bits per heavy atom. The predicted octanol–water partition coefficient (Wildman–Crippen LogP) is 3.56. The van der Waals surface area contributed by atoms with Crippen LogP contribution in [0.4, 0.5) is 5.82 Å². The highest BCUT2D eigenvalue weighted by Gasteiger charge is 2.37. The van der Waals surface area contributed by atoms with Gasteiger partial charge in [-0.1, -0.05) is 0 Å². The average Bonchev–Trinajstić information content (AvgIpc) is 3.03. The van der Waals surface area contributed by atoms with E-state index in [9.17, 15) is 0 Å². The van der Waals surface area contributed by atoms with Gasteiger partial charge < -0.3 is 10.1 Å². The van der Waals surface area contributed by atoms with E-state index in [1.54, 1.807) is 0 Å². The Kier molecular flexibility index (Phi) is 3.10. The standard InChI is InChI=1S/C17H22N4O/c1-10(2)19-15-7-4-12(9-18-15)16-11(3)17-21(20-16)13-5-6-14(8-13)22-17/h4,7,9-10,13-14H,5-6,8H2,1-3H3,(H,18,19). The predicted molar refractivity (Wildman–Crippen MR) is 86.3 cm³/mol. The van der Waals surface area contributed by atoms with Crippen LogP contribution in [0.15, 0.2) is 18.3 Å². The number of anilines is 1. The molecule has 2 atom stereocenters. The number of ether oxygens (including phenoxy) is 1. The molecule has 2 aliphatic rings. The van der Waals surface area contributed by atoms with Crippen molar-refractivity contribution in [2.24, 2.45) is 0 Å². The van der Waals surface area contributed by atoms with Gasteiger partial charge in [0.15, 0.2) is 0 Å². The van der Waals surface area contributed by atoms with Crippen molar-refractivity contribution >= 4 is 5.82 Å². The highest BCUT2D eigenvalue weighted by Crippen LogP contribution is 2.43. The van der Waals surface area contributed by atoms with Gasteiger partial charge in [-0.25, -0.2) is 9.67 Å². The first-order chi connectivity index (χ1) is 10.6. The maximum Gasteiger partial charge on any atom is 0.215 e. The molecule has 0 aromatic carbocycles. The van der Waals surface area contributed by atoms with Gasteiger partial charge in [-0.15, -0.1) is 0 Å². The largest absolute Gasteiger partial charge is 0.474 e. The normalized spacial score (nSPS) is 22.5. The summed E-state index contributed by atoms with van der Waals surface area (Å²) in [5.74, 6) is 1.86. The van der Waals surface area contributed by atoms with Crippen LogP contribution >= 0.6 is 0 Å². The highest BCUT2D eigenvalue weighted by molar-refractivity contribution is 5.65. The van der Waals surface area contributed by atoms with Crippen LogP contribution in [0, 0.1) is 6.92 Å². The van der Waals surface area contributed by atoms with Crippen molar-refractivity contribution in [3.63, 3.8) is 0 Å². The van der Waals surface area contributed by atoms with Gasteiger partial charge in [0.2, 0.25) is 5.88 Å². The summed E-state index contributed by atoms with van der Waals surface area (Å²) in [5, 5.41) is 8.13. The Bertz CT molecular complexity index is 689. The van der Waals surface area contributed by atoms with Gasteiger partial charge in [0.25, 0.3) is 0 Å². The summed E-state index contributed by atoms with van der Waals surface area (Å²) in [4.78, 5) is 4.49. The minimum absolute atomic E-state index is 0.379. The van der Waals surface area contributed by atoms with E-state index in [2.05, 4.69) is 41.8 Å². The summed E-state index contributed by atoms with van der Waals surface area (Å²) in [7, 11) is 0. The fourth-order valence-corrected chi connectivity index (χ4v) is 3.48. The first-order valence-electron chi connectivity index (χ1n) is 8.10. The zero-order valence-electron chi connectivity index (χ0n) is 13.3. The molecule has 5 nitrogen and oxygen atoms in total. The van der Waals surface area contributed by atoms with E-state index in [4.69, 9.17) is 9.84 Å². The number of pyridine rings is 1. The summed E-state index contributed by atoms with van der Waals surface area (Å²) >= 11 is 0. The first kappa shape index (κ1) is 13.6. The van der Waals surface area contributed by atoms with Gasteiger partial charge in [0.05, 0.1) is 6.04 Å². The van der Waals surface area contributed by atoms with Crippen LogP contribution in [0.5, 0.6) is 5.88 Å². The number of hydrogen-bond acceptors (Lipinski definition) is 4. The molecule has 2 aromatic rings. The quantitative estimate of drug-likeness (QED) is 0.941. The lowest BCUT2D eigenvalue weighted by Crippen LogP contribution is -2.22. The van der Waals surface area contributed by atoms with Gasteiger partial charge in [-0.05, 0) is 45.7 Å². The molecular weight excluding hydrogens is 276 g/mol. The third-order valence-electron chi connectivity index (χ3n) is 4.55. The van der Waals surface area contributed by atoms with Crippen molar-refractivity contribution in [1.29, 1.82) is 0 Å². The molecule has 0 spiro atoms. The molecule has 5 heteroatoms. The van der Waals surface area contributed by atoms with Gasteiger partial charge in [-0.3, -0.25) is 0 Å². The molecule has 1 saturated carbocycles. The van der Waals surface area contributed by atoms with E-state index in [1.165, 1.54) is 6.42 Å². The molecule has 22 heavy (non-hydrogen) atoms. The molecular formula is C17H22N4O. The summed E-state index contributed by atoms with van der Waals surface area (Å²) in [5.41, 5.74) is 3.17. The first-order valence-corrected chi connectivity index (χ1v) is 8.10. The molecule has 2 unspecified atom stereocenters. The van der Waals surface area contributed by atoms with Crippen LogP contribution in [-0.4, -0.2) is 26.9 Å². The molecule has 116 valence electrons. The Labute approximate surface area is 130 Å². The topological polar surface area (TPSA) is 52.0 Å². The molecule has 1 aliphatic heterocycles. The molecule has 0 amide bonds. The minimum atomic E-state index is 0.379. The molecule has 0 radical (unpaired) electrons. The number of nitrogens with one attached hydrogen (secondary N) is 1. The maximum atomic E-state index is 6.10. The SMILES string of the molecule is Cc1c(-c2ccc(NC(C)C)nc2)nn2c1OC1CCC2C1. The lowest BCUT2D eigenvalue weighted by atomic mass is 10.1. The summed E-state index contributed by atoms with van der Waals surface area (Å²) in [6.07, 6.45) is 5.71. The third-order valence-corrected chi connectivity index (χ3v) is 4.55. The van der Waals surface area contributed by atoms with Crippen LogP contribution in [0.2, 0.25) is 0 Å². The van der Waals surface area contributed by atoms with E-state index < -0.39 is 0 Å². The fraction of sp³-hybridized carbons (Fsp3) is 0.529. The lowest BCUT2D eigenvalue weighted by Gasteiger charge is -2.22. The van der Waals surface area contributed by atoms with Crippen LogP contribution in [0.25, 0.3) is 11.3 Å². The molecule has 4 rings (SSSR count). The van der Waals surface area contributed by atoms with Crippen molar-refractivity contribution in [2.45, 2.75) is 58.2 Å². The van der Waals surface area contributed by atoms with E-state index in [1.807, 2.05) is 12.3 Å². The molecule has 1 N–H and O–H groups in total. The third kappa shape index (κ3) is 2.16. The van der Waals surface area contributed by atoms with Crippen molar-refractivity contribution in [1.82, 2.24) is 14.8 Å². The van der Waals surface area contributed by atoms with E-state index in [0.29, 0.717) is 18.2 Å². The van der Waals surface area contributed by atoms with Gasteiger partial charge in [0, 0.05) is 29.8 Å². The Hall–Kier alpha value is -2.04. The monoisotopic (exact) mass is 298 g/mol. The van der Waals surface area contributed by atoms with Crippen LogP contribution < -0.4 is 10.1 Å². The van der Waals surface area contributed by atoms with Crippen molar-refractivity contribution in [3.05, 3.63) is 23.9 Å². The van der Waals surface area contributed by atoms with Crippen molar-refractivity contribution in [3.8, 4) is 17.1 Å². The summed E-state index contributed by atoms with van der Waals surface area (Å²) < 4.78 is 8.19. The Morgan fingerprint density at radius 3 is 2.91 bits per heavy atom. The van der Waals surface area contributed by atoms with Crippen molar-refractivity contribution < 1.29 is 4.74 Å². The molecule has 2 bridgehead atoms. The molecule has 1 aliphatic carbocycles. The number of aromatic nitrogens is 3. The minimum Gasteiger partial charge on any atom is -0.474 e. The Morgan fingerprint density at radius 2 is 2.18 bits per heavy atom. The smallest absolute Gasteiger partial charge is 0.215 e. The van der Waals surface area contributed by atoms with Crippen LogP contribution in [0.1, 0.15) is 44.7 Å². The number of fused-ring (bicyclic) bond motifs is 4. The number of rotatable bonds is 3. The second-order valence-electron chi connectivity index (χ2n) is 6.66. The number of nitrogens with zero attached hydrogens (tertiary/aromatic N) is 3. The maximum absolute atomic E-state index is 6.10. The lowest BCUT2D eigenvalue weighted by molar-refractivity contribution is 0.152. The highest BCUT2D eigenvalue weighted by atomic mass is 16.5. The molecule has 1 fully saturated rings. The summed E-state index contributed by atoms with van der Waals surface area (Å²) in [6, 6.07) is 4.98. The Balaban J connectivity index is 1.67. The molecule has 3 heterocycles. The molecule has 2 aromatic heterocycles. The van der Waals surface area contributed by atoms with E-state index >= 15 is 0 Å².